The number of para-hydroxylation sites is 2. The summed E-state index contributed by atoms with van der Waals surface area (Å²) in [4.78, 5) is 16.6. The number of amides is 1. The summed E-state index contributed by atoms with van der Waals surface area (Å²) in [5.74, 6) is 0.474. The summed E-state index contributed by atoms with van der Waals surface area (Å²) in [6.45, 7) is 0. The van der Waals surface area contributed by atoms with Crippen LogP contribution in [-0.4, -0.2) is 27.0 Å². The third-order valence-corrected chi connectivity index (χ3v) is 3.95. The largest absolute Gasteiger partial charge is 0.336 e. The Kier molecular flexibility index (Phi) is 3.15. The summed E-state index contributed by atoms with van der Waals surface area (Å²) in [7, 11) is 1.91. The minimum absolute atomic E-state index is 0.291. The number of carbonyl (C=O) groups is 1. The second-order valence-electron chi connectivity index (χ2n) is 5.57. The van der Waals surface area contributed by atoms with Crippen LogP contribution in [0.15, 0.2) is 24.3 Å². The van der Waals surface area contributed by atoms with Gasteiger partial charge in [-0.15, -0.1) is 0 Å². The third kappa shape index (κ3) is 2.48. The van der Waals surface area contributed by atoms with E-state index in [1.54, 1.807) is 0 Å². The van der Waals surface area contributed by atoms with E-state index in [0.29, 0.717) is 19.3 Å². The van der Waals surface area contributed by atoms with E-state index in [2.05, 4.69) is 16.4 Å². The van der Waals surface area contributed by atoms with Gasteiger partial charge in [0, 0.05) is 13.5 Å². The van der Waals surface area contributed by atoms with Gasteiger partial charge in [0.15, 0.2) is 0 Å². The Balaban J connectivity index is 1.74. The molecule has 0 spiro atoms. The van der Waals surface area contributed by atoms with E-state index in [9.17, 15) is 4.79 Å². The van der Waals surface area contributed by atoms with Crippen molar-refractivity contribution in [1.29, 1.82) is 5.26 Å². The molecule has 1 saturated carbocycles. The first kappa shape index (κ1) is 13.6. The summed E-state index contributed by atoms with van der Waals surface area (Å²) < 4.78 is 1.94. The monoisotopic (exact) mass is 283 g/mol. The molecule has 6 heteroatoms. The number of hydrogen-bond acceptors (Lipinski definition) is 4. The Hall–Kier alpha value is -2.39. The van der Waals surface area contributed by atoms with Crippen molar-refractivity contribution < 1.29 is 4.79 Å². The molecule has 108 valence electrons. The molecule has 21 heavy (non-hydrogen) atoms. The molecule has 3 rings (SSSR count). The first-order chi connectivity index (χ1) is 10.0. The number of nitrogens with one attached hydrogen (secondary N) is 1. The molecule has 1 aromatic carbocycles. The third-order valence-electron chi connectivity index (χ3n) is 3.95. The standard InChI is InChI=1S/C15H17N5O/c1-20-12-5-3-2-4-11(12)18-13(20)8-10(17)14(21)19-15(9-16)6-7-15/h2-5,10H,6-8,17H2,1H3,(H,19,21)/t10-/m0/s1. The van der Waals surface area contributed by atoms with Gasteiger partial charge in [0.05, 0.1) is 23.1 Å². The average Bonchev–Trinajstić information content (AvgIpc) is 3.19. The lowest BCUT2D eigenvalue weighted by molar-refractivity contribution is -0.122. The number of nitrogens with zero attached hydrogens (tertiary/aromatic N) is 3. The summed E-state index contributed by atoms with van der Waals surface area (Å²) >= 11 is 0. The van der Waals surface area contributed by atoms with Crippen LogP contribution < -0.4 is 11.1 Å². The van der Waals surface area contributed by atoms with Crippen molar-refractivity contribution in [2.24, 2.45) is 12.8 Å². The molecule has 1 heterocycles. The molecule has 1 aliphatic carbocycles. The molecular formula is C15H17N5O. The van der Waals surface area contributed by atoms with Gasteiger partial charge < -0.3 is 15.6 Å². The zero-order valence-corrected chi connectivity index (χ0v) is 11.8. The quantitative estimate of drug-likeness (QED) is 0.859. The van der Waals surface area contributed by atoms with Crippen LogP contribution in [-0.2, 0) is 18.3 Å². The van der Waals surface area contributed by atoms with Crippen LogP contribution in [0.4, 0.5) is 0 Å². The summed E-state index contributed by atoms with van der Waals surface area (Å²) in [5, 5.41) is 11.7. The van der Waals surface area contributed by atoms with Crippen LogP contribution in [0.3, 0.4) is 0 Å². The van der Waals surface area contributed by atoms with Crippen LogP contribution in [0.2, 0.25) is 0 Å². The van der Waals surface area contributed by atoms with E-state index in [0.717, 1.165) is 16.9 Å². The first-order valence-corrected chi connectivity index (χ1v) is 6.94. The highest BCUT2D eigenvalue weighted by molar-refractivity contribution is 5.83. The van der Waals surface area contributed by atoms with Crippen molar-refractivity contribution >= 4 is 16.9 Å². The fourth-order valence-electron chi connectivity index (χ4n) is 2.39. The predicted molar refractivity (Wildman–Crippen MR) is 78.1 cm³/mol. The van der Waals surface area contributed by atoms with E-state index in [4.69, 9.17) is 11.0 Å². The maximum absolute atomic E-state index is 12.1. The number of nitrogens with two attached hydrogens (primary N) is 1. The molecule has 0 saturated heterocycles. The number of aromatic nitrogens is 2. The normalized spacial score (nSPS) is 17.2. The van der Waals surface area contributed by atoms with Gasteiger partial charge in [0.2, 0.25) is 5.91 Å². The number of hydrogen-bond donors (Lipinski definition) is 2. The lowest BCUT2D eigenvalue weighted by Gasteiger charge is -2.14. The van der Waals surface area contributed by atoms with E-state index in [-0.39, 0.29) is 5.91 Å². The number of nitriles is 1. The molecular weight excluding hydrogens is 266 g/mol. The summed E-state index contributed by atoms with van der Waals surface area (Å²) in [5.41, 5.74) is 7.17. The topological polar surface area (TPSA) is 96.7 Å². The number of fused-ring (bicyclic) bond motifs is 1. The van der Waals surface area contributed by atoms with Crippen LogP contribution in [0, 0.1) is 11.3 Å². The van der Waals surface area contributed by atoms with Crippen LogP contribution >= 0.6 is 0 Å². The second kappa shape index (κ2) is 4.86. The van der Waals surface area contributed by atoms with Crippen LogP contribution in [0.5, 0.6) is 0 Å². The van der Waals surface area contributed by atoms with Gasteiger partial charge in [0.1, 0.15) is 11.4 Å². The fraction of sp³-hybridized carbons (Fsp3) is 0.400. The second-order valence-corrected chi connectivity index (χ2v) is 5.57. The summed E-state index contributed by atoms with van der Waals surface area (Å²) in [6, 6.07) is 9.21. The van der Waals surface area contributed by atoms with Gasteiger partial charge in [0.25, 0.3) is 0 Å². The number of benzene rings is 1. The van der Waals surface area contributed by atoms with Gasteiger partial charge in [-0.05, 0) is 25.0 Å². The molecule has 0 radical (unpaired) electrons. The Labute approximate surface area is 122 Å². The molecule has 6 nitrogen and oxygen atoms in total. The lowest BCUT2D eigenvalue weighted by Crippen LogP contribution is -2.47. The van der Waals surface area contributed by atoms with Crippen molar-refractivity contribution in [1.82, 2.24) is 14.9 Å². The van der Waals surface area contributed by atoms with E-state index in [1.807, 2.05) is 35.9 Å². The molecule has 0 bridgehead atoms. The number of rotatable bonds is 4. The van der Waals surface area contributed by atoms with Gasteiger partial charge >= 0.3 is 0 Å². The van der Waals surface area contributed by atoms with Gasteiger partial charge in [-0.2, -0.15) is 5.26 Å². The maximum atomic E-state index is 12.1. The molecule has 0 unspecified atom stereocenters. The van der Waals surface area contributed by atoms with Crippen LogP contribution in [0.1, 0.15) is 18.7 Å². The predicted octanol–water partition coefficient (Wildman–Crippen LogP) is 0.615. The van der Waals surface area contributed by atoms with Crippen LogP contribution in [0.25, 0.3) is 11.0 Å². The molecule has 2 aromatic rings. The highest BCUT2D eigenvalue weighted by atomic mass is 16.2. The smallest absolute Gasteiger partial charge is 0.238 e. The molecule has 0 aliphatic heterocycles. The van der Waals surface area contributed by atoms with E-state index >= 15 is 0 Å². The lowest BCUT2D eigenvalue weighted by atomic mass is 10.1. The Morgan fingerprint density at radius 2 is 2.29 bits per heavy atom. The summed E-state index contributed by atoms with van der Waals surface area (Å²) in [6.07, 6.45) is 1.75. The highest BCUT2D eigenvalue weighted by Crippen LogP contribution is 2.34. The number of aryl methyl sites for hydroxylation is 1. The number of carbonyl (C=O) groups excluding carboxylic acids is 1. The van der Waals surface area contributed by atoms with Crippen molar-refractivity contribution in [3.8, 4) is 6.07 Å². The molecule has 1 aromatic heterocycles. The van der Waals surface area contributed by atoms with E-state index in [1.165, 1.54) is 0 Å². The SMILES string of the molecule is Cn1c(C[C@H](N)C(=O)NC2(C#N)CC2)nc2ccccc21. The van der Waals surface area contributed by atoms with E-state index < -0.39 is 11.6 Å². The highest BCUT2D eigenvalue weighted by Gasteiger charge is 2.45. The van der Waals surface area contributed by atoms with Gasteiger partial charge in [-0.1, -0.05) is 12.1 Å². The molecule has 3 N–H and O–H groups in total. The van der Waals surface area contributed by atoms with Crippen molar-refractivity contribution in [2.45, 2.75) is 30.8 Å². The minimum atomic E-state index is -0.702. The average molecular weight is 283 g/mol. The Morgan fingerprint density at radius 1 is 1.57 bits per heavy atom. The zero-order valence-electron chi connectivity index (χ0n) is 11.8. The molecule has 1 atom stereocenters. The van der Waals surface area contributed by atoms with Crippen molar-refractivity contribution in [3.63, 3.8) is 0 Å². The van der Waals surface area contributed by atoms with Gasteiger partial charge in [-0.3, -0.25) is 4.79 Å². The fourth-order valence-corrected chi connectivity index (χ4v) is 2.39. The van der Waals surface area contributed by atoms with Crippen molar-refractivity contribution in [3.05, 3.63) is 30.1 Å². The Bertz CT molecular complexity index is 738. The molecule has 1 fully saturated rings. The zero-order chi connectivity index (χ0) is 15.0. The van der Waals surface area contributed by atoms with Gasteiger partial charge in [-0.25, -0.2) is 4.98 Å². The maximum Gasteiger partial charge on any atom is 0.238 e. The Morgan fingerprint density at radius 3 is 2.90 bits per heavy atom. The molecule has 1 aliphatic rings. The first-order valence-electron chi connectivity index (χ1n) is 6.94. The number of imidazole rings is 1. The molecule has 1 amide bonds. The van der Waals surface area contributed by atoms with Crippen molar-refractivity contribution in [2.75, 3.05) is 0 Å². The minimum Gasteiger partial charge on any atom is -0.336 e.